The van der Waals surface area contributed by atoms with E-state index in [-0.39, 0.29) is 5.92 Å². The SMILES string of the molecule is C=C(N/N=C/c1nn(C)cc1-c1ccncc1)C(CC)c1ccc2ccccc2c1. The van der Waals surface area contributed by atoms with Crippen LogP contribution >= 0.6 is 0 Å². The van der Waals surface area contributed by atoms with Crippen LogP contribution in [0.15, 0.2) is 90.6 Å². The molecule has 5 heteroatoms. The Hall–Kier alpha value is -3.73. The summed E-state index contributed by atoms with van der Waals surface area (Å²) in [5, 5.41) is 11.4. The van der Waals surface area contributed by atoms with Crippen molar-refractivity contribution in [3.05, 3.63) is 96.7 Å². The minimum absolute atomic E-state index is 0.176. The van der Waals surface area contributed by atoms with Crippen LogP contribution < -0.4 is 5.43 Å². The first-order valence-electron chi connectivity index (χ1n) is 10.1. The molecule has 4 aromatic rings. The summed E-state index contributed by atoms with van der Waals surface area (Å²) < 4.78 is 1.79. The monoisotopic (exact) mass is 395 g/mol. The van der Waals surface area contributed by atoms with Crippen LogP contribution in [0.25, 0.3) is 21.9 Å². The average Bonchev–Trinajstić information content (AvgIpc) is 3.15. The third-order valence-electron chi connectivity index (χ3n) is 5.25. The topological polar surface area (TPSA) is 55.1 Å². The van der Waals surface area contributed by atoms with E-state index >= 15 is 0 Å². The summed E-state index contributed by atoms with van der Waals surface area (Å²) in [7, 11) is 1.90. The molecule has 150 valence electrons. The van der Waals surface area contributed by atoms with Crippen LogP contribution in [0.1, 0.15) is 30.5 Å². The highest BCUT2D eigenvalue weighted by Crippen LogP contribution is 2.28. The molecule has 0 bridgehead atoms. The second-order valence-electron chi connectivity index (χ2n) is 7.30. The van der Waals surface area contributed by atoms with Gasteiger partial charge in [-0.3, -0.25) is 15.1 Å². The normalized spacial score (nSPS) is 12.3. The number of hydrogen-bond acceptors (Lipinski definition) is 4. The van der Waals surface area contributed by atoms with Crippen LogP contribution in [-0.4, -0.2) is 21.0 Å². The van der Waals surface area contributed by atoms with Gasteiger partial charge in [0, 0.05) is 42.8 Å². The maximum Gasteiger partial charge on any atom is 0.113 e. The van der Waals surface area contributed by atoms with Gasteiger partial charge in [0.15, 0.2) is 0 Å². The first-order chi connectivity index (χ1) is 14.7. The summed E-state index contributed by atoms with van der Waals surface area (Å²) in [6.45, 7) is 6.40. The summed E-state index contributed by atoms with van der Waals surface area (Å²) >= 11 is 0. The Kier molecular flexibility index (Phi) is 5.70. The van der Waals surface area contributed by atoms with Gasteiger partial charge in [0.25, 0.3) is 0 Å². The lowest BCUT2D eigenvalue weighted by Gasteiger charge is -2.18. The Labute approximate surface area is 176 Å². The van der Waals surface area contributed by atoms with E-state index in [1.54, 1.807) is 23.3 Å². The number of nitrogens with one attached hydrogen (secondary N) is 1. The summed E-state index contributed by atoms with van der Waals surface area (Å²) in [6, 6.07) is 18.9. The van der Waals surface area contributed by atoms with Crippen molar-refractivity contribution >= 4 is 17.0 Å². The Morgan fingerprint density at radius 3 is 2.67 bits per heavy atom. The average molecular weight is 396 g/mol. The van der Waals surface area contributed by atoms with Gasteiger partial charge in [-0.1, -0.05) is 56.0 Å². The Balaban J connectivity index is 1.51. The zero-order valence-corrected chi connectivity index (χ0v) is 17.3. The van der Waals surface area contributed by atoms with Crippen LogP contribution in [-0.2, 0) is 7.05 Å². The number of hydrazone groups is 1. The van der Waals surface area contributed by atoms with E-state index in [9.17, 15) is 0 Å². The predicted octanol–water partition coefficient (Wildman–Crippen LogP) is 5.27. The number of nitrogens with zero attached hydrogens (tertiary/aromatic N) is 4. The molecule has 0 aliphatic carbocycles. The van der Waals surface area contributed by atoms with E-state index < -0.39 is 0 Å². The lowest BCUT2D eigenvalue weighted by Crippen LogP contribution is -2.13. The lowest BCUT2D eigenvalue weighted by atomic mass is 9.92. The Morgan fingerprint density at radius 1 is 1.13 bits per heavy atom. The molecule has 1 unspecified atom stereocenters. The molecular weight excluding hydrogens is 370 g/mol. The van der Waals surface area contributed by atoms with Crippen molar-refractivity contribution < 1.29 is 0 Å². The summed E-state index contributed by atoms with van der Waals surface area (Å²) in [4.78, 5) is 4.08. The summed E-state index contributed by atoms with van der Waals surface area (Å²) in [6.07, 6.45) is 8.21. The molecule has 1 atom stereocenters. The Bertz CT molecular complexity index is 1190. The number of allylic oxidation sites excluding steroid dienone is 1. The second-order valence-corrected chi connectivity index (χ2v) is 7.30. The molecule has 2 aromatic carbocycles. The fourth-order valence-corrected chi connectivity index (χ4v) is 3.72. The number of aryl methyl sites for hydroxylation is 1. The van der Waals surface area contributed by atoms with Gasteiger partial charge in [-0.15, -0.1) is 0 Å². The predicted molar refractivity (Wildman–Crippen MR) is 123 cm³/mol. The zero-order valence-electron chi connectivity index (χ0n) is 17.3. The van der Waals surface area contributed by atoms with Crippen LogP contribution in [0.5, 0.6) is 0 Å². The van der Waals surface area contributed by atoms with E-state index in [2.05, 4.69) is 76.6 Å². The molecule has 0 fully saturated rings. The molecule has 0 amide bonds. The van der Waals surface area contributed by atoms with Crippen molar-refractivity contribution in [3.8, 4) is 11.1 Å². The molecule has 4 rings (SSSR count). The molecule has 0 spiro atoms. The quantitative estimate of drug-likeness (QED) is 0.343. The molecular formula is C25H25N5. The number of pyridine rings is 1. The van der Waals surface area contributed by atoms with Crippen molar-refractivity contribution in [2.24, 2.45) is 12.1 Å². The molecule has 2 aromatic heterocycles. The molecule has 30 heavy (non-hydrogen) atoms. The summed E-state index contributed by atoms with van der Waals surface area (Å²) in [5.74, 6) is 0.176. The minimum Gasteiger partial charge on any atom is -0.283 e. The van der Waals surface area contributed by atoms with E-state index in [1.165, 1.54) is 16.3 Å². The largest absolute Gasteiger partial charge is 0.283 e. The third-order valence-corrected chi connectivity index (χ3v) is 5.25. The van der Waals surface area contributed by atoms with Crippen molar-refractivity contribution in [1.82, 2.24) is 20.2 Å². The molecule has 2 heterocycles. The third kappa shape index (κ3) is 4.15. The number of rotatable bonds is 7. The highest BCUT2D eigenvalue weighted by atomic mass is 15.3. The number of hydrogen-bond donors (Lipinski definition) is 1. The van der Waals surface area contributed by atoms with Crippen LogP contribution in [0.3, 0.4) is 0 Å². The van der Waals surface area contributed by atoms with Gasteiger partial charge in [0.05, 0.1) is 6.21 Å². The fraction of sp³-hybridized carbons (Fsp3) is 0.160. The fourth-order valence-electron chi connectivity index (χ4n) is 3.72. The summed E-state index contributed by atoms with van der Waals surface area (Å²) in [5.41, 5.74) is 8.09. The van der Waals surface area contributed by atoms with Gasteiger partial charge in [-0.05, 0) is 40.5 Å². The molecule has 0 aliphatic heterocycles. The van der Waals surface area contributed by atoms with E-state index in [0.717, 1.165) is 28.9 Å². The van der Waals surface area contributed by atoms with Crippen LogP contribution in [0.4, 0.5) is 0 Å². The standard InChI is InChI=1S/C25H25N5/c1-4-23(22-10-9-19-7-5-6-8-21(19)15-22)18(2)28-27-16-25-24(17-30(3)29-25)20-11-13-26-14-12-20/h5-17,23,28H,2,4H2,1,3H3/b27-16+. The van der Waals surface area contributed by atoms with Gasteiger partial charge in [0.2, 0.25) is 0 Å². The maximum atomic E-state index is 4.52. The molecule has 0 saturated heterocycles. The van der Waals surface area contributed by atoms with Crippen molar-refractivity contribution in [2.45, 2.75) is 19.3 Å². The highest BCUT2D eigenvalue weighted by Gasteiger charge is 2.14. The Morgan fingerprint density at radius 2 is 1.90 bits per heavy atom. The van der Waals surface area contributed by atoms with E-state index in [0.29, 0.717) is 0 Å². The van der Waals surface area contributed by atoms with E-state index in [4.69, 9.17) is 0 Å². The molecule has 1 N–H and O–H groups in total. The highest BCUT2D eigenvalue weighted by molar-refractivity contribution is 5.87. The number of benzene rings is 2. The van der Waals surface area contributed by atoms with Crippen LogP contribution in [0, 0.1) is 0 Å². The van der Waals surface area contributed by atoms with Crippen molar-refractivity contribution in [1.29, 1.82) is 0 Å². The second kappa shape index (κ2) is 8.74. The van der Waals surface area contributed by atoms with Gasteiger partial charge in [-0.2, -0.15) is 10.2 Å². The van der Waals surface area contributed by atoms with Crippen molar-refractivity contribution in [2.75, 3.05) is 0 Å². The number of fused-ring (bicyclic) bond motifs is 1. The zero-order chi connectivity index (χ0) is 20.9. The number of aromatic nitrogens is 3. The van der Waals surface area contributed by atoms with Gasteiger partial charge >= 0.3 is 0 Å². The van der Waals surface area contributed by atoms with E-state index in [1.807, 2.05) is 25.4 Å². The first-order valence-corrected chi connectivity index (χ1v) is 10.1. The first kappa shape index (κ1) is 19.6. The maximum absolute atomic E-state index is 4.52. The molecule has 0 radical (unpaired) electrons. The molecule has 0 aliphatic rings. The van der Waals surface area contributed by atoms with Gasteiger partial charge in [-0.25, -0.2) is 0 Å². The molecule has 5 nitrogen and oxygen atoms in total. The molecule has 0 saturated carbocycles. The smallest absolute Gasteiger partial charge is 0.113 e. The lowest BCUT2D eigenvalue weighted by molar-refractivity contribution is 0.686. The van der Waals surface area contributed by atoms with Gasteiger partial charge < -0.3 is 0 Å². The van der Waals surface area contributed by atoms with Crippen LogP contribution in [0.2, 0.25) is 0 Å². The van der Waals surface area contributed by atoms with Gasteiger partial charge in [0.1, 0.15) is 5.69 Å². The van der Waals surface area contributed by atoms with Crippen molar-refractivity contribution in [3.63, 3.8) is 0 Å². The minimum atomic E-state index is 0.176.